The van der Waals surface area contributed by atoms with Crippen molar-refractivity contribution in [2.45, 2.75) is 5.91 Å². The van der Waals surface area contributed by atoms with Crippen LogP contribution in [0.2, 0.25) is 0 Å². The fraction of sp³-hybridized carbons (Fsp3) is 0.111. The van der Waals surface area contributed by atoms with Gasteiger partial charge in [-0.1, -0.05) is 18.2 Å². The molecule has 0 atom stereocenters. The maximum Gasteiger partial charge on any atom is 0.265 e. The zero-order valence-electron chi connectivity index (χ0n) is 6.36. The number of para-hydroxylation sites is 1. The first kappa shape index (κ1) is 7.34. The summed E-state index contributed by atoms with van der Waals surface area (Å²) < 4.78 is 0. The molecule has 1 aliphatic rings. The minimum Gasteiger partial charge on any atom is -0.346 e. The van der Waals surface area contributed by atoms with Gasteiger partial charge in [0.1, 0.15) is 0 Å². The van der Waals surface area contributed by atoms with E-state index in [1.165, 1.54) is 6.08 Å². The zero-order valence-corrected chi connectivity index (χ0v) is 6.36. The topological polar surface area (TPSA) is 52.5 Å². The molecule has 2 rings (SSSR count). The Kier molecular flexibility index (Phi) is 1.43. The van der Waals surface area contributed by atoms with Crippen LogP contribution in [0.1, 0.15) is 5.56 Å². The van der Waals surface area contributed by atoms with Gasteiger partial charge in [-0.2, -0.15) is 0 Å². The van der Waals surface area contributed by atoms with E-state index >= 15 is 0 Å². The number of hydrogen-bond donors (Lipinski definition) is 3. The lowest BCUT2D eigenvalue weighted by molar-refractivity contribution is -0.0918. The van der Waals surface area contributed by atoms with Crippen LogP contribution in [0.4, 0.5) is 5.69 Å². The van der Waals surface area contributed by atoms with Crippen molar-refractivity contribution in [3.05, 3.63) is 35.9 Å². The molecule has 0 radical (unpaired) electrons. The molecule has 0 aromatic heterocycles. The van der Waals surface area contributed by atoms with Crippen LogP contribution < -0.4 is 5.32 Å². The highest BCUT2D eigenvalue weighted by molar-refractivity contribution is 5.70. The van der Waals surface area contributed by atoms with E-state index < -0.39 is 5.91 Å². The molecular weight excluding hydrogens is 154 g/mol. The Morgan fingerprint density at radius 1 is 1.17 bits per heavy atom. The summed E-state index contributed by atoms with van der Waals surface area (Å²) in [5.74, 6) is -1.91. The summed E-state index contributed by atoms with van der Waals surface area (Å²) in [6, 6.07) is 7.42. The number of anilines is 1. The second-order valence-corrected chi connectivity index (χ2v) is 2.77. The summed E-state index contributed by atoms with van der Waals surface area (Å²) in [5, 5.41) is 20.9. The predicted octanol–water partition coefficient (Wildman–Crippen LogP) is 0.764. The molecule has 0 aliphatic carbocycles. The van der Waals surface area contributed by atoms with E-state index in [0.717, 1.165) is 11.3 Å². The Balaban J connectivity index is 2.46. The van der Waals surface area contributed by atoms with Crippen LogP contribution in [0.5, 0.6) is 0 Å². The van der Waals surface area contributed by atoms with Crippen molar-refractivity contribution in [3.8, 4) is 0 Å². The van der Waals surface area contributed by atoms with E-state index in [1.807, 2.05) is 18.2 Å². The SMILES string of the molecule is OC1(O)C=Cc2ccccc2N1. The van der Waals surface area contributed by atoms with Gasteiger partial charge in [-0.05, 0) is 23.8 Å². The Bertz CT molecular complexity index is 331. The van der Waals surface area contributed by atoms with Gasteiger partial charge < -0.3 is 15.5 Å². The summed E-state index contributed by atoms with van der Waals surface area (Å²) in [5.41, 5.74) is 1.68. The quantitative estimate of drug-likeness (QED) is 0.495. The van der Waals surface area contributed by atoms with E-state index in [-0.39, 0.29) is 0 Å². The third-order valence-electron chi connectivity index (χ3n) is 1.77. The molecule has 1 aromatic carbocycles. The first-order valence-electron chi connectivity index (χ1n) is 3.69. The van der Waals surface area contributed by atoms with E-state index in [4.69, 9.17) is 0 Å². The number of aliphatic hydroxyl groups is 2. The van der Waals surface area contributed by atoms with Gasteiger partial charge in [0.2, 0.25) is 0 Å². The molecule has 0 fully saturated rings. The lowest BCUT2D eigenvalue weighted by Gasteiger charge is -2.25. The van der Waals surface area contributed by atoms with Crippen molar-refractivity contribution < 1.29 is 10.2 Å². The van der Waals surface area contributed by atoms with Crippen molar-refractivity contribution in [3.63, 3.8) is 0 Å². The van der Waals surface area contributed by atoms with Gasteiger partial charge in [-0.25, -0.2) is 0 Å². The Morgan fingerprint density at radius 3 is 2.75 bits per heavy atom. The van der Waals surface area contributed by atoms with Gasteiger partial charge in [0.25, 0.3) is 5.91 Å². The molecule has 62 valence electrons. The first-order chi connectivity index (χ1) is 5.67. The molecular formula is C9H9NO2. The fourth-order valence-electron chi connectivity index (χ4n) is 1.20. The highest BCUT2D eigenvalue weighted by Crippen LogP contribution is 2.24. The number of fused-ring (bicyclic) bond motifs is 1. The van der Waals surface area contributed by atoms with Gasteiger partial charge in [-0.3, -0.25) is 0 Å². The summed E-state index contributed by atoms with van der Waals surface area (Å²) in [6.45, 7) is 0. The Labute approximate surface area is 70.0 Å². The van der Waals surface area contributed by atoms with E-state index in [9.17, 15) is 10.2 Å². The lowest BCUT2D eigenvalue weighted by Crippen LogP contribution is -2.36. The molecule has 0 saturated heterocycles. The van der Waals surface area contributed by atoms with Gasteiger partial charge in [0.15, 0.2) is 0 Å². The maximum atomic E-state index is 9.18. The Morgan fingerprint density at radius 2 is 1.92 bits per heavy atom. The van der Waals surface area contributed by atoms with Crippen LogP contribution in [-0.2, 0) is 0 Å². The van der Waals surface area contributed by atoms with Crippen LogP contribution >= 0.6 is 0 Å². The van der Waals surface area contributed by atoms with Crippen molar-refractivity contribution in [1.29, 1.82) is 0 Å². The molecule has 0 spiro atoms. The average molecular weight is 163 g/mol. The monoisotopic (exact) mass is 163 g/mol. The lowest BCUT2D eigenvalue weighted by atomic mass is 10.1. The van der Waals surface area contributed by atoms with Crippen molar-refractivity contribution in [2.24, 2.45) is 0 Å². The van der Waals surface area contributed by atoms with Crippen molar-refractivity contribution in [2.75, 3.05) is 5.32 Å². The highest BCUT2D eigenvalue weighted by atomic mass is 16.5. The molecule has 1 heterocycles. The molecule has 0 amide bonds. The molecule has 3 heteroatoms. The number of benzene rings is 1. The molecule has 12 heavy (non-hydrogen) atoms. The van der Waals surface area contributed by atoms with Gasteiger partial charge in [0, 0.05) is 5.69 Å². The predicted molar refractivity (Wildman–Crippen MR) is 46.3 cm³/mol. The molecule has 3 N–H and O–H groups in total. The second-order valence-electron chi connectivity index (χ2n) is 2.77. The van der Waals surface area contributed by atoms with Crippen LogP contribution in [-0.4, -0.2) is 16.1 Å². The third kappa shape index (κ3) is 1.20. The van der Waals surface area contributed by atoms with Crippen molar-refractivity contribution in [1.82, 2.24) is 0 Å². The normalized spacial score (nSPS) is 18.2. The second kappa shape index (κ2) is 2.33. The van der Waals surface area contributed by atoms with E-state index in [1.54, 1.807) is 12.1 Å². The molecule has 1 aliphatic heterocycles. The first-order valence-corrected chi connectivity index (χ1v) is 3.69. The standard InChI is InChI=1S/C9H9NO2/c11-9(12)6-5-7-3-1-2-4-8(7)10-9/h1-6,10-12H. The summed E-state index contributed by atoms with van der Waals surface area (Å²) in [6.07, 6.45) is 2.97. The van der Waals surface area contributed by atoms with Crippen molar-refractivity contribution >= 4 is 11.8 Å². The highest BCUT2D eigenvalue weighted by Gasteiger charge is 2.22. The largest absolute Gasteiger partial charge is 0.346 e. The third-order valence-corrected chi connectivity index (χ3v) is 1.77. The smallest absolute Gasteiger partial charge is 0.265 e. The summed E-state index contributed by atoms with van der Waals surface area (Å²) >= 11 is 0. The van der Waals surface area contributed by atoms with E-state index in [0.29, 0.717) is 0 Å². The fourth-order valence-corrected chi connectivity index (χ4v) is 1.20. The van der Waals surface area contributed by atoms with Gasteiger partial charge >= 0.3 is 0 Å². The maximum absolute atomic E-state index is 9.18. The van der Waals surface area contributed by atoms with Crippen LogP contribution in [0.25, 0.3) is 6.08 Å². The molecule has 3 nitrogen and oxygen atoms in total. The minimum atomic E-state index is -1.91. The molecule has 0 unspecified atom stereocenters. The minimum absolute atomic E-state index is 0.727. The summed E-state index contributed by atoms with van der Waals surface area (Å²) in [7, 11) is 0. The Hall–Kier alpha value is -1.32. The zero-order chi connectivity index (χ0) is 8.60. The molecule has 0 saturated carbocycles. The number of rotatable bonds is 0. The molecule has 0 bridgehead atoms. The van der Waals surface area contributed by atoms with Crippen LogP contribution in [0, 0.1) is 0 Å². The molecule has 1 aromatic rings. The van der Waals surface area contributed by atoms with E-state index in [2.05, 4.69) is 5.32 Å². The number of nitrogens with one attached hydrogen (secondary N) is 1. The van der Waals surface area contributed by atoms with Gasteiger partial charge in [0.05, 0.1) is 0 Å². The summed E-state index contributed by atoms with van der Waals surface area (Å²) in [4.78, 5) is 0. The van der Waals surface area contributed by atoms with Crippen LogP contribution in [0.15, 0.2) is 30.3 Å². The average Bonchev–Trinajstić information content (AvgIpc) is 2.02. The van der Waals surface area contributed by atoms with Gasteiger partial charge in [-0.15, -0.1) is 0 Å². The van der Waals surface area contributed by atoms with Crippen LogP contribution in [0.3, 0.4) is 0 Å². The number of hydrogen-bond acceptors (Lipinski definition) is 3.